The minimum Gasteiger partial charge on any atom is -0.481 e. The zero-order valence-corrected chi connectivity index (χ0v) is 22.1. The van der Waals surface area contributed by atoms with Gasteiger partial charge in [0, 0.05) is 36.4 Å². The molecule has 3 heterocycles. The van der Waals surface area contributed by atoms with Crippen LogP contribution in [0.1, 0.15) is 12.0 Å². The lowest BCUT2D eigenvalue weighted by molar-refractivity contribution is -0.136. The van der Waals surface area contributed by atoms with Crippen molar-refractivity contribution < 1.29 is 9.90 Å². The predicted octanol–water partition coefficient (Wildman–Crippen LogP) is 7.84. The second kappa shape index (κ2) is 8.97. The molecule has 0 saturated carbocycles. The Morgan fingerprint density at radius 1 is 1.14 bits per heavy atom. The summed E-state index contributed by atoms with van der Waals surface area (Å²) in [5.41, 5.74) is 4.89. The van der Waals surface area contributed by atoms with Gasteiger partial charge in [-0.2, -0.15) is 8.75 Å². The van der Waals surface area contributed by atoms with Gasteiger partial charge in [0.15, 0.2) is 0 Å². The highest BCUT2D eigenvalue weighted by atomic mass is 79.9. The molecule has 150 valence electrons. The van der Waals surface area contributed by atoms with E-state index in [1.54, 1.807) is 34.4 Å². The molecule has 0 bridgehead atoms. The molecule has 1 N–H and O–H groups in total. The van der Waals surface area contributed by atoms with Crippen LogP contribution in [0.5, 0.6) is 0 Å². The molecule has 4 nitrogen and oxygen atoms in total. The third-order valence-corrected chi connectivity index (χ3v) is 10.5. The first-order valence-corrected chi connectivity index (χ1v) is 13.6. The summed E-state index contributed by atoms with van der Waals surface area (Å²) in [6, 6.07) is 6.26. The van der Waals surface area contributed by atoms with Crippen molar-refractivity contribution in [2.24, 2.45) is 0 Å². The first kappa shape index (κ1) is 21.8. The Kier molecular flexibility index (Phi) is 6.74. The molecule has 0 unspecified atom stereocenters. The Bertz CT molecular complexity index is 1190. The minimum atomic E-state index is -0.799. The molecule has 0 amide bonds. The van der Waals surface area contributed by atoms with Gasteiger partial charge >= 0.3 is 5.97 Å². The van der Waals surface area contributed by atoms with Crippen LogP contribution >= 0.6 is 90.7 Å². The number of carboxylic acids is 1. The molecule has 0 radical (unpaired) electrons. The maximum absolute atomic E-state index is 11.0. The number of carbonyl (C=O) groups is 1. The molecule has 1 aromatic carbocycles. The van der Waals surface area contributed by atoms with Gasteiger partial charge in [-0.25, -0.2) is 0 Å². The molecule has 0 aliphatic rings. The van der Waals surface area contributed by atoms with Crippen molar-refractivity contribution in [1.29, 1.82) is 0 Å². The summed E-state index contributed by atoms with van der Waals surface area (Å²) in [6.07, 6.45) is 0.102. The van der Waals surface area contributed by atoms with Crippen LogP contribution in [0.25, 0.3) is 31.9 Å². The lowest BCUT2D eigenvalue weighted by atomic mass is 10.1. The van der Waals surface area contributed by atoms with Crippen LogP contribution < -0.4 is 0 Å². The van der Waals surface area contributed by atoms with Crippen molar-refractivity contribution in [1.82, 2.24) is 8.75 Å². The molecule has 4 aromatic rings. The molecule has 4 rings (SSSR count). The number of thiol groups is 1. The smallest absolute Gasteiger partial charge is 0.304 e. The third kappa shape index (κ3) is 4.46. The molecule has 3 aromatic heterocycles. The van der Waals surface area contributed by atoms with Crippen LogP contribution in [0.15, 0.2) is 35.6 Å². The highest BCUT2D eigenvalue weighted by Crippen LogP contribution is 2.47. The molecule has 0 atom stereocenters. The van der Waals surface area contributed by atoms with E-state index in [4.69, 9.17) is 5.11 Å². The summed E-state index contributed by atoms with van der Waals surface area (Å²) in [4.78, 5) is 15.1. The van der Waals surface area contributed by atoms with Crippen molar-refractivity contribution in [3.8, 4) is 20.9 Å². The molecule has 0 saturated heterocycles. The van der Waals surface area contributed by atoms with E-state index in [0.29, 0.717) is 5.75 Å². The maximum atomic E-state index is 11.0. The average Bonchev–Trinajstić information content (AvgIpc) is 3.35. The van der Waals surface area contributed by atoms with Gasteiger partial charge in [-0.05, 0) is 62.5 Å². The maximum Gasteiger partial charge on any atom is 0.304 e. The van der Waals surface area contributed by atoms with Crippen LogP contribution in [0.3, 0.4) is 0 Å². The fourth-order valence-electron chi connectivity index (χ4n) is 2.78. The first-order valence-electron chi connectivity index (χ1n) is 8.24. The Morgan fingerprint density at radius 2 is 1.86 bits per heavy atom. The molecular weight excluding hydrogens is 596 g/mol. The van der Waals surface area contributed by atoms with Crippen LogP contribution in [-0.4, -0.2) is 25.6 Å². The van der Waals surface area contributed by atoms with Crippen molar-refractivity contribution in [2.45, 2.75) is 23.1 Å². The van der Waals surface area contributed by atoms with Gasteiger partial charge in [-0.1, -0.05) is 0 Å². The van der Waals surface area contributed by atoms with Gasteiger partial charge in [0.05, 0.1) is 25.7 Å². The summed E-state index contributed by atoms with van der Waals surface area (Å²) in [5, 5.41) is 9.07. The number of nitrogens with zero attached hydrogens (tertiary/aromatic N) is 2. The molecular formula is C18H12Br2N2O2S5. The summed E-state index contributed by atoms with van der Waals surface area (Å²) in [5.74, 6) is -0.310. The van der Waals surface area contributed by atoms with Crippen LogP contribution in [-0.2, 0) is 4.79 Å². The van der Waals surface area contributed by atoms with E-state index in [-0.39, 0.29) is 6.42 Å². The van der Waals surface area contributed by atoms with E-state index in [1.807, 2.05) is 6.07 Å². The number of carboxylic acid groups (broad SMARTS) is 1. The van der Waals surface area contributed by atoms with E-state index in [9.17, 15) is 4.79 Å². The largest absolute Gasteiger partial charge is 0.481 e. The predicted molar refractivity (Wildman–Crippen MR) is 134 cm³/mol. The number of thiophene rings is 2. The number of aromatic nitrogens is 2. The first-order chi connectivity index (χ1) is 13.8. The summed E-state index contributed by atoms with van der Waals surface area (Å²) < 4.78 is 11.3. The van der Waals surface area contributed by atoms with E-state index >= 15 is 0 Å². The molecule has 0 aliphatic heterocycles. The molecule has 0 spiro atoms. The van der Waals surface area contributed by atoms with E-state index in [2.05, 4.69) is 72.3 Å². The second-order valence-electron chi connectivity index (χ2n) is 6.09. The number of rotatable bonds is 6. The molecule has 0 aliphatic carbocycles. The summed E-state index contributed by atoms with van der Waals surface area (Å²) in [7, 11) is 0. The van der Waals surface area contributed by atoms with Crippen LogP contribution in [0, 0.1) is 6.92 Å². The van der Waals surface area contributed by atoms with Gasteiger partial charge < -0.3 is 5.11 Å². The second-order valence-corrected chi connectivity index (χ2v) is 13.0. The van der Waals surface area contributed by atoms with Crippen LogP contribution in [0.4, 0.5) is 0 Å². The summed E-state index contributed by atoms with van der Waals surface area (Å²) >= 11 is 17.6. The number of halogens is 2. The van der Waals surface area contributed by atoms with E-state index in [1.165, 1.54) is 11.7 Å². The van der Waals surface area contributed by atoms with E-state index < -0.39 is 5.97 Å². The molecule has 29 heavy (non-hydrogen) atoms. The fraction of sp³-hybridized carbons (Fsp3) is 0.167. The van der Waals surface area contributed by atoms with E-state index in [0.717, 1.165) is 54.8 Å². The lowest BCUT2D eigenvalue weighted by Gasteiger charge is -2.11. The van der Waals surface area contributed by atoms with Crippen molar-refractivity contribution in [3.63, 3.8) is 0 Å². The number of aliphatic carboxylic acids is 1. The van der Waals surface area contributed by atoms with Crippen molar-refractivity contribution >= 4 is 108 Å². The lowest BCUT2D eigenvalue weighted by Crippen LogP contribution is -1.96. The van der Waals surface area contributed by atoms with Gasteiger partial charge in [-0.3, -0.25) is 4.79 Å². The van der Waals surface area contributed by atoms with Crippen molar-refractivity contribution in [2.75, 3.05) is 5.75 Å². The monoisotopic (exact) mass is 606 g/mol. The number of aryl methyl sites for hydroxylation is 1. The van der Waals surface area contributed by atoms with Gasteiger partial charge in [0.25, 0.3) is 0 Å². The van der Waals surface area contributed by atoms with Crippen LogP contribution in [0.2, 0.25) is 0 Å². The number of fused-ring (bicyclic) bond motifs is 1. The Hall–Kier alpha value is -0.430. The Labute approximate surface area is 205 Å². The third-order valence-electron chi connectivity index (χ3n) is 4.11. The summed E-state index contributed by atoms with van der Waals surface area (Å²) in [6.45, 7) is 2.06. The topological polar surface area (TPSA) is 63.1 Å². The van der Waals surface area contributed by atoms with Gasteiger partial charge in [0.2, 0.25) is 0 Å². The molecule has 11 heteroatoms. The average molecular weight is 608 g/mol. The van der Waals surface area contributed by atoms with Gasteiger partial charge in [-0.15, -0.1) is 47.1 Å². The Balaban J connectivity index is 1.93. The highest BCUT2D eigenvalue weighted by molar-refractivity contribution is 9.11. The van der Waals surface area contributed by atoms with Gasteiger partial charge in [0.1, 0.15) is 11.0 Å². The standard InChI is InChI=1S/C18H12Br2N2O2S5/c1-7-4-12(28-17(7)19)14-11(26-3-2-13(23)24)5-8(15-16(14)22-29-21-15)10-6-9(25)18(20)27-10/h4-6,25H,2-3H2,1H3,(H,23,24). The fourth-order valence-corrected chi connectivity index (χ4v) is 7.85. The Morgan fingerprint density at radius 3 is 2.48 bits per heavy atom. The minimum absolute atomic E-state index is 0.102. The highest BCUT2D eigenvalue weighted by Gasteiger charge is 2.22. The number of hydrogen-bond acceptors (Lipinski definition) is 8. The zero-order chi connectivity index (χ0) is 20.7. The number of benzene rings is 1. The number of thioether (sulfide) groups is 1. The zero-order valence-electron chi connectivity index (χ0n) is 14.7. The normalized spacial score (nSPS) is 11.4. The number of hydrogen-bond donors (Lipinski definition) is 2. The van der Waals surface area contributed by atoms with Crippen molar-refractivity contribution in [3.05, 3.63) is 31.3 Å². The SMILES string of the molecule is Cc1cc(-c2c(SCCC(=O)O)cc(-c3cc(S)c(Br)s3)c3nsnc23)sc1Br. The quantitative estimate of drug-likeness (QED) is 0.173. The molecule has 0 fully saturated rings.